The Hall–Kier alpha value is -3.29. The molecule has 0 fully saturated rings. The van der Waals surface area contributed by atoms with E-state index in [2.05, 4.69) is 14.7 Å². The van der Waals surface area contributed by atoms with E-state index in [0.29, 0.717) is 10.9 Å². The molecule has 1 aromatic heterocycles. The van der Waals surface area contributed by atoms with E-state index in [9.17, 15) is 18.4 Å². The molecule has 0 aliphatic carbocycles. The van der Waals surface area contributed by atoms with Crippen LogP contribution in [0.4, 0.5) is 8.78 Å². The molecule has 0 aliphatic heterocycles. The Morgan fingerprint density at radius 3 is 2.64 bits per heavy atom. The zero-order chi connectivity index (χ0) is 17.8. The van der Waals surface area contributed by atoms with Gasteiger partial charge in [0.05, 0.1) is 10.9 Å². The van der Waals surface area contributed by atoms with Crippen molar-refractivity contribution in [1.82, 2.24) is 9.97 Å². The normalized spacial score (nSPS) is 10.8. The van der Waals surface area contributed by atoms with Crippen LogP contribution in [-0.2, 0) is 11.3 Å². The lowest BCUT2D eigenvalue weighted by Crippen LogP contribution is -2.15. The Morgan fingerprint density at radius 1 is 1.12 bits per heavy atom. The highest BCUT2D eigenvalue weighted by Gasteiger charge is 2.17. The Morgan fingerprint density at radius 2 is 1.84 bits per heavy atom. The van der Waals surface area contributed by atoms with Gasteiger partial charge in [0.15, 0.2) is 0 Å². The van der Waals surface area contributed by atoms with Gasteiger partial charge in [0.2, 0.25) is 0 Å². The van der Waals surface area contributed by atoms with Crippen LogP contribution in [0.1, 0.15) is 16.2 Å². The van der Waals surface area contributed by atoms with Gasteiger partial charge < -0.3 is 14.5 Å². The Kier molecular flexibility index (Phi) is 4.69. The maximum absolute atomic E-state index is 12.4. The first-order valence-corrected chi connectivity index (χ1v) is 7.23. The van der Waals surface area contributed by atoms with E-state index in [1.165, 1.54) is 24.3 Å². The van der Waals surface area contributed by atoms with Crippen LogP contribution in [0.2, 0.25) is 0 Å². The second-order valence-corrected chi connectivity index (χ2v) is 4.98. The number of rotatable bonds is 5. The summed E-state index contributed by atoms with van der Waals surface area (Å²) in [5, 5.41) is 0.410. The lowest BCUT2D eigenvalue weighted by molar-refractivity contribution is -0.0505. The summed E-state index contributed by atoms with van der Waals surface area (Å²) in [6.45, 7) is -3.38. The van der Waals surface area contributed by atoms with Gasteiger partial charge >= 0.3 is 12.6 Å². The van der Waals surface area contributed by atoms with Crippen molar-refractivity contribution in [3.05, 3.63) is 70.3 Å². The quantitative estimate of drug-likeness (QED) is 0.719. The predicted molar refractivity (Wildman–Crippen MR) is 84.6 cm³/mol. The van der Waals surface area contributed by atoms with Crippen LogP contribution >= 0.6 is 0 Å². The third kappa shape index (κ3) is 3.79. The number of nitrogens with one attached hydrogen (secondary N) is 1. The zero-order valence-corrected chi connectivity index (χ0v) is 12.7. The van der Waals surface area contributed by atoms with E-state index >= 15 is 0 Å². The minimum Gasteiger partial charge on any atom is -0.454 e. The Bertz CT molecular complexity index is 972. The van der Waals surface area contributed by atoms with Gasteiger partial charge in [-0.3, -0.25) is 4.79 Å². The number of aromatic nitrogens is 2. The molecule has 0 saturated heterocycles. The summed E-state index contributed by atoms with van der Waals surface area (Å²) < 4.78 is 34.1. The highest BCUT2D eigenvalue weighted by molar-refractivity contribution is 5.92. The van der Waals surface area contributed by atoms with Gasteiger partial charge in [-0.05, 0) is 24.3 Å². The molecule has 128 valence electrons. The molecule has 0 spiro atoms. The SMILES string of the molecule is O=C(OCc1nc2ccccc2c(=O)[nH]1)c1ccccc1OC(F)F. The minimum absolute atomic E-state index is 0.143. The van der Waals surface area contributed by atoms with Gasteiger partial charge in [0.1, 0.15) is 23.7 Å². The van der Waals surface area contributed by atoms with E-state index < -0.39 is 12.6 Å². The van der Waals surface area contributed by atoms with Crippen molar-refractivity contribution in [2.45, 2.75) is 13.2 Å². The summed E-state index contributed by atoms with van der Waals surface area (Å²) in [6, 6.07) is 12.2. The second-order valence-electron chi connectivity index (χ2n) is 4.98. The predicted octanol–water partition coefficient (Wildman–Crippen LogP) is 2.88. The fraction of sp³-hybridized carbons (Fsp3) is 0.118. The fourth-order valence-corrected chi connectivity index (χ4v) is 2.25. The standard InChI is InChI=1S/C17H12F2N2O4/c18-17(19)25-13-8-4-2-6-11(13)16(23)24-9-14-20-12-7-3-1-5-10(12)15(22)21-14/h1-8,17H,9H2,(H,20,21,22). The highest BCUT2D eigenvalue weighted by Crippen LogP contribution is 2.21. The fourth-order valence-electron chi connectivity index (χ4n) is 2.25. The monoisotopic (exact) mass is 346 g/mol. The number of nitrogens with zero attached hydrogens (tertiary/aromatic N) is 1. The second kappa shape index (κ2) is 7.08. The number of aromatic amines is 1. The minimum atomic E-state index is -3.06. The van der Waals surface area contributed by atoms with Crippen LogP contribution < -0.4 is 10.3 Å². The first-order chi connectivity index (χ1) is 12.0. The molecular weight excluding hydrogens is 334 g/mol. The number of para-hydroxylation sites is 2. The van der Waals surface area contributed by atoms with Crippen LogP contribution in [0.3, 0.4) is 0 Å². The van der Waals surface area contributed by atoms with Crippen molar-refractivity contribution in [3.63, 3.8) is 0 Å². The largest absolute Gasteiger partial charge is 0.454 e. The van der Waals surface area contributed by atoms with Crippen molar-refractivity contribution in [3.8, 4) is 5.75 Å². The number of halogens is 2. The van der Waals surface area contributed by atoms with Crippen LogP contribution in [0.15, 0.2) is 53.3 Å². The van der Waals surface area contributed by atoms with Crippen molar-refractivity contribution in [1.29, 1.82) is 0 Å². The number of hydrogen-bond acceptors (Lipinski definition) is 5. The lowest BCUT2D eigenvalue weighted by atomic mass is 10.2. The molecule has 0 bridgehead atoms. The lowest BCUT2D eigenvalue weighted by Gasteiger charge is -2.10. The molecule has 8 heteroatoms. The molecule has 0 saturated carbocycles. The number of benzene rings is 2. The average Bonchev–Trinajstić information content (AvgIpc) is 2.60. The average molecular weight is 346 g/mol. The molecule has 2 aromatic carbocycles. The molecule has 0 amide bonds. The number of hydrogen-bond donors (Lipinski definition) is 1. The molecule has 3 aromatic rings. The van der Waals surface area contributed by atoms with E-state index in [1.807, 2.05) is 0 Å². The molecule has 0 atom stereocenters. The van der Waals surface area contributed by atoms with Crippen molar-refractivity contribution in [2.75, 3.05) is 0 Å². The summed E-state index contributed by atoms with van der Waals surface area (Å²) in [6.07, 6.45) is 0. The van der Waals surface area contributed by atoms with Crippen molar-refractivity contribution >= 4 is 16.9 Å². The van der Waals surface area contributed by atoms with Gasteiger partial charge in [-0.15, -0.1) is 0 Å². The van der Waals surface area contributed by atoms with Gasteiger partial charge in [0.25, 0.3) is 5.56 Å². The summed E-state index contributed by atoms with van der Waals surface area (Å²) in [4.78, 5) is 30.7. The molecule has 0 radical (unpaired) electrons. The van der Waals surface area contributed by atoms with Crippen LogP contribution in [0.25, 0.3) is 10.9 Å². The van der Waals surface area contributed by atoms with Crippen LogP contribution in [0.5, 0.6) is 5.75 Å². The van der Waals surface area contributed by atoms with Gasteiger partial charge in [0, 0.05) is 0 Å². The number of carbonyl (C=O) groups excluding carboxylic acids is 1. The number of esters is 1. The van der Waals surface area contributed by atoms with Crippen LogP contribution in [-0.4, -0.2) is 22.5 Å². The number of ether oxygens (including phenoxy) is 2. The first kappa shape index (κ1) is 16.6. The molecular formula is C17H12F2N2O4. The number of carbonyl (C=O) groups is 1. The van der Waals surface area contributed by atoms with Gasteiger partial charge in [-0.25, -0.2) is 9.78 Å². The zero-order valence-electron chi connectivity index (χ0n) is 12.7. The summed E-state index contributed by atoms with van der Waals surface area (Å²) in [5.74, 6) is -1.01. The Balaban J connectivity index is 1.78. The van der Waals surface area contributed by atoms with Gasteiger partial charge in [-0.1, -0.05) is 24.3 Å². The number of H-pyrrole nitrogens is 1. The highest BCUT2D eigenvalue weighted by atomic mass is 19.3. The van der Waals surface area contributed by atoms with E-state index in [-0.39, 0.29) is 29.3 Å². The molecule has 0 unspecified atom stereocenters. The topological polar surface area (TPSA) is 81.3 Å². The van der Waals surface area contributed by atoms with Crippen LogP contribution in [0, 0.1) is 0 Å². The van der Waals surface area contributed by atoms with Crippen molar-refractivity contribution in [2.24, 2.45) is 0 Å². The molecule has 1 heterocycles. The van der Waals surface area contributed by atoms with Crippen molar-refractivity contribution < 1.29 is 23.0 Å². The third-order valence-corrected chi connectivity index (χ3v) is 3.32. The first-order valence-electron chi connectivity index (χ1n) is 7.23. The Labute approximate surface area is 140 Å². The number of alkyl halides is 2. The molecule has 0 aliphatic rings. The summed E-state index contributed by atoms with van der Waals surface area (Å²) in [7, 11) is 0. The molecule has 3 rings (SSSR count). The third-order valence-electron chi connectivity index (χ3n) is 3.32. The molecule has 1 N–H and O–H groups in total. The van der Waals surface area contributed by atoms with E-state index in [4.69, 9.17) is 4.74 Å². The maximum Gasteiger partial charge on any atom is 0.387 e. The summed E-state index contributed by atoms with van der Waals surface area (Å²) >= 11 is 0. The van der Waals surface area contributed by atoms with E-state index in [1.54, 1.807) is 24.3 Å². The molecule has 25 heavy (non-hydrogen) atoms. The smallest absolute Gasteiger partial charge is 0.387 e. The summed E-state index contributed by atoms with van der Waals surface area (Å²) in [5.41, 5.74) is -0.0530. The van der Waals surface area contributed by atoms with Gasteiger partial charge in [-0.2, -0.15) is 8.78 Å². The maximum atomic E-state index is 12.4. The van der Waals surface area contributed by atoms with E-state index in [0.717, 1.165) is 0 Å². The molecule has 6 nitrogen and oxygen atoms in total. The number of fused-ring (bicyclic) bond motifs is 1.